The van der Waals surface area contributed by atoms with Gasteiger partial charge in [0.2, 0.25) is 0 Å². The molecule has 2 saturated heterocycles. The van der Waals surface area contributed by atoms with Gasteiger partial charge < -0.3 is 9.47 Å². The van der Waals surface area contributed by atoms with E-state index in [0.29, 0.717) is 0 Å². The van der Waals surface area contributed by atoms with Crippen LogP contribution in [0, 0.1) is 18.6 Å². The van der Waals surface area contributed by atoms with Crippen LogP contribution in [0.3, 0.4) is 0 Å². The minimum absolute atomic E-state index is 0.105. The Morgan fingerprint density at radius 2 is 2.00 bits per heavy atom. The van der Waals surface area contributed by atoms with Gasteiger partial charge >= 0.3 is 11.9 Å². The lowest BCUT2D eigenvalue weighted by molar-refractivity contribution is -0.156. The van der Waals surface area contributed by atoms with Crippen molar-refractivity contribution in [2.45, 2.75) is 31.0 Å². The van der Waals surface area contributed by atoms with Crippen LogP contribution in [-0.4, -0.2) is 30.7 Å². The van der Waals surface area contributed by atoms with Gasteiger partial charge in [0.25, 0.3) is 0 Å². The van der Waals surface area contributed by atoms with E-state index in [4.69, 9.17) is 4.74 Å². The van der Waals surface area contributed by atoms with E-state index in [1.165, 1.54) is 13.0 Å². The molecule has 1 aromatic carbocycles. The highest BCUT2D eigenvalue weighted by molar-refractivity contribution is 5.82. The summed E-state index contributed by atoms with van der Waals surface area (Å²) in [6.07, 6.45) is -2.85. The van der Waals surface area contributed by atoms with Crippen molar-refractivity contribution in [1.29, 1.82) is 0 Å². The van der Waals surface area contributed by atoms with Crippen LogP contribution in [0.2, 0.25) is 0 Å². The first-order valence-electron chi connectivity index (χ1n) is 5.97. The first kappa shape index (κ1) is 13.4. The monoisotopic (exact) mass is 290 g/mol. The van der Waals surface area contributed by atoms with Gasteiger partial charge in [-0.25, -0.2) is 8.78 Å². The number of carbonyl (C=O) groups excluding carboxylic acids is 1. The Hall–Kier alpha value is -1.63. The van der Waals surface area contributed by atoms with Gasteiger partial charge in [-0.05, 0) is 24.1 Å². The van der Waals surface area contributed by atoms with Crippen molar-refractivity contribution in [3.05, 3.63) is 34.9 Å². The van der Waals surface area contributed by atoms with Gasteiger partial charge in [-0.1, -0.05) is 6.07 Å². The molecule has 0 amide bonds. The molecule has 1 aromatic rings. The van der Waals surface area contributed by atoms with E-state index in [-0.39, 0.29) is 11.1 Å². The summed E-state index contributed by atoms with van der Waals surface area (Å²) in [7, 11) is 0. The predicted octanol–water partition coefficient (Wildman–Crippen LogP) is 2.32. The largest absolute Gasteiger partial charge is 0.452 e. The lowest BCUT2D eigenvalue weighted by Crippen LogP contribution is -2.34. The third-order valence-corrected chi connectivity index (χ3v) is 3.72. The van der Waals surface area contributed by atoms with Crippen LogP contribution < -0.4 is 0 Å². The molecule has 3 nitrogen and oxygen atoms in total. The van der Waals surface area contributed by atoms with Crippen LogP contribution in [0.25, 0.3) is 0 Å². The van der Waals surface area contributed by atoms with Crippen molar-refractivity contribution in [2.24, 2.45) is 0 Å². The number of hydrogen-bond donors (Lipinski definition) is 0. The van der Waals surface area contributed by atoms with Crippen molar-refractivity contribution in [2.75, 3.05) is 6.61 Å². The highest BCUT2D eigenvalue weighted by atomic mass is 19.3. The van der Waals surface area contributed by atoms with Gasteiger partial charge in [0.05, 0.1) is 0 Å². The van der Waals surface area contributed by atoms with Crippen molar-refractivity contribution in [3.8, 4) is 0 Å². The molecule has 3 rings (SSSR count). The van der Waals surface area contributed by atoms with E-state index in [1.807, 2.05) is 0 Å². The number of alkyl halides is 2. The van der Waals surface area contributed by atoms with Crippen LogP contribution in [-0.2, 0) is 14.3 Å². The van der Waals surface area contributed by atoms with Crippen molar-refractivity contribution >= 4 is 5.97 Å². The van der Waals surface area contributed by atoms with Crippen LogP contribution in [0.5, 0.6) is 0 Å². The number of ether oxygens (including phenoxy) is 2. The van der Waals surface area contributed by atoms with E-state index in [1.54, 1.807) is 0 Å². The van der Waals surface area contributed by atoms with Gasteiger partial charge in [0, 0.05) is 0 Å². The number of carbonyl (C=O) groups is 1. The highest BCUT2D eigenvalue weighted by Crippen LogP contribution is 2.45. The number of halogens is 4. The van der Waals surface area contributed by atoms with Gasteiger partial charge in [-0.3, -0.25) is 4.79 Å². The van der Waals surface area contributed by atoms with Gasteiger partial charge in [-0.15, -0.1) is 0 Å². The number of benzene rings is 1. The van der Waals surface area contributed by atoms with E-state index >= 15 is 0 Å². The van der Waals surface area contributed by atoms with Crippen LogP contribution in [0.1, 0.15) is 17.0 Å². The molecule has 20 heavy (non-hydrogen) atoms. The third kappa shape index (κ3) is 1.72. The summed E-state index contributed by atoms with van der Waals surface area (Å²) >= 11 is 0. The second kappa shape index (κ2) is 4.18. The molecule has 2 aliphatic rings. The molecule has 0 N–H and O–H groups in total. The van der Waals surface area contributed by atoms with Crippen molar-refractivity contribution < 1.29 is 31.8 Å². The Morgan fingerprint density at radius 3 is 2.70 bits per heavy atom. The van der Waals surface area contributed by atoms with Crippen LogP contribution >= 0.6 is 0 Å². The molecule has 0 unspecified atom stereocenters. The molecule has 0 aromatic heterocycles. The first-order chi connectivity index (χ1) is 9.33. The van der Waals surface area contributed by atoms with E-state index in [9.17, 15) is 22.4 Å². The van der Waals surface area contributed by atoms with Crippen LogP contribution in [0.15, 0.2) is 12.1 Å². The normalized spacial score (nSPS) is 31.2. The van der Waals surface area contributed by atoms with Crippen molar-refractivity contribution in [1.82, 2.24) is 0 Å². The molecular formula is C13H10F4O3. The number of rotatable bonds is 1. The maximum absolute atomic E-state index is 13.6. The molecule has 0 spiro atoms. The third-order valence-electron chi connectivity index (χ3n) is 3.72. The molecule has 0 saturated carbocycles. The molecule has 0 aliphatic carbocycles. The van der Waals surface area contributed by atoms with Gasteiger partial charge in [0.15, 0.2) is 17.7 Å². The number of esters is 1. The van der Waals surface area contributed by atoms with E-state index in [2.05, 4.69) is 4.74 Å². The SMILES string of the molecule is Cc1c([C@H]2C(=O)O[C@@H]3[C@H]2OCC3(F)F)ccc(F)c1F. The number of fused-ring (bicyclic) bond motifs is 1. The molecule has 3 atom stereocenters. The molecule has 7 heteroatoms. The van der Waals surface area contributed by atoms with Gasteiger partial charge in [-0.2, -0.15) is 8.78 Å². The zero-order chi connectivity index (χ0) is 14.7. The molecule has 0 radical (unpaired) electrons. The highest BCUT2D eigenvalue weighted by Gasteiger charge is 2.63. The smallest absolute Gasteiger partial charge is 0.316 e. The Bertz CT molecular complexity index is 587. The molecular weight excluding hydrogens is 280 g/mol. The average Bonchev–Trinajstić information content (AvgIpc) is 2.85. The molecule has 108 valence electrons. The Balaban J connectivity index is 2.03. The second-order valence-corrected chi connectivity index (χ2v) is 4.95. The fraction of sp³-hybridized carbons (Fsp3) is 0.462. The Morgan fingerprint density at radius 1 is 1.30 bits per heavy atom. The van der Waals surface area contributed by atoms with E-state index in [0.717, 1.165) is 6.07 Å². The quantitative estimate of drug-likeness (QED) is 0.588. The minimum Gasteiger partial charge on any atom is -0.452 e. The maximum Gasteiger partial charge on any atom is 0.316 e. The minimum atomic E-state index is -3.26. The van der Waals surface area contributed by atoms with Crippen molar-refractivity contribution in [3.63, 3.8) is 0 Å². The molecule has 2 aliphatic heterocycles. The fourth-order valence-corrected chi connectivity index (χ4v) is 2.68. The second-order valence-electron chi connectivity index (χ2n) is 4.95. The lowest BCUT2D eigenvalue weighted by atomic mass is 9.89. The van der Waals surface area contributed by atoms with E-state index < -0.39 is 48.3 Å². The van der Waals surface area contributed by atoms with Crippen LogP contribution in [0.4, 0.5) is 17.6 Å². The summed E-state index contributed by atoms with van der Waals surface area (Å²) in [5.74, 6) is -7.51. The predicted molar refractivity (Wildman–Crippen MR) is 58.4 cm³/mol. The summed E-state index contributed by atoms with van der Waals surface area (Å²) in [6.45, 7) is 0.427. The van der Waals surface area contributed by atoms with Gasteiger partial charge in [0.1, 0.15) is 18.6 Å². The number of hydrogen-bond acceptors (Lipinski definition) is 3. The summed E-state index contributed by atoms with van der Waals surface area (Å²) in [5.41, 5.74) is 0.00511. The fourth-order valence-electron chi connectivity index (χ4n) is 2.68. The Labute approximate surface area is 111 Å². The maximum atomic E-state index is 13.6. The molecule has 2 fully saturated rings. The standard InChI is InChI=1S/C13H10F4O3/c1-5-6(2-3-7(14)9(5)15)8-10-11(20-12(8)18)13(16,17)4-19-10/h2-3,8,10-11H,4H2,1H3/t8-,10+,11-/m1/s1. The lowest BCUT2D eigenvalue weighted by Gasteiger charge is -2.16. The summed E-state index contributed by atoms with van der Waals surface area (Å²) in [6, 6.07) is 2.05. The Kier molecular flexibility index (Phi) is 2.79. The average molecular weight is 290 g/mol. The summed E-state index contributed by atoms with van der Waals surface area (Å²) < 4.78 is 63.2. The molecule has 0 bridgehead atoms. The summed E-state index contributed by atoms with van der Waals surface area (Å²) in [4.78, 5) is 11.8. The topological polar surface area (TPSA) is 35.5 Å². The molecule has 2 heterocycles. The first-order valence-corrected chi connectivity index (χ1v) is 5.97. The summed E-state index contributed by atoms with van der Waals surface area (Å²) in [5, 5.41) is 0. The zero-order valence-electron chi connectivity index (χ0n) is 10.3. The zero-order valence-corrected chi connectivity index (χ0v) is 10.3.